The first-order valence-corrected chi connectivity index (χ1v) is 5.03. The maximum atomic E-state index is 11.7. The summed E-state index contributed by atoms with van der Waals surface area (Å²) in [6.07, 6.45) is -3.33. The number of aliphatic hydroxyl groups is 1. The number of aliphatic hydroxyl groups excluding tert-OH is 1. The van der Waals surface area contributed by atoms with Gasteiger partial charge in [0.25, 0.3) is 0 Å². The third kappa shape index (κ3) is 4.26. The molecule has 0 spiro atoms. The second-order valence-corrected chi connectivity index (χ2v) is 3.82. The lowest BCUT2D eigenvalue weighted by atomic mass is 10.1. The average Bonchev–Trinajstić information content (AvgIpc) is 2.61. The molecule has 2 unspecified atom stereocenters. The Morgan fingerprint density at radius 2 is 2.12 bits per heavy atom. The lowest BCUT2D eigenvalue weighted by Gasteiger charge is -2.18. The van der Waals surface area contributed by atoms with Crippen LogP contribution in [0, 0.1) is 5.92 Å². The molecule has 7 heteroatoms. The molecule has 1 amide bonds. The first kappa shape index (κ1) is 13.1. The monoisotopic (exact) mass is 241 g/mol. The molecule has 4 nitrogen and oxygen atoms in total. The van der Waals surface area contributed by atoms with Gasteiger partial charge in [-0.15, -0.1) is 0 Å². The van der Waals surface area contributed by atoms with Crippen LogP contribution in [0.2, 0.25) is 0 Å². The molecule has 1 aliphatic rings. The van der Waals surface area contributed by atoms with Crippen LogP contribution >= 0.6 is 0 Å². The minimum absolute atomic E-state index is 0.0791. The number of amides is 1. The minimum atomic E-state index is -4.51. The Kier molecular flexibility index (Phi) is 4.40. The fourth-order valence-corrected chi connectivity index (χ4v) is 1.79. The van der Waals surface area contributed by atoms with Crippen molar-refractivity contribution >= 4 is 6.09 Å². The van der Waals surface area contributed by atoms with E-state index < -0.39 is 18.9 Å². The summed E-state index contributed by atoms with van der Waals surface area (Å²) in [7, 11) is 0. The molecular weight excluding hydrogens is 227 g/mol. The number of carbonyl (C=O) groups is 1. The molecule has 0 aromatic rings. The lowest BCUT2D eigenvalue weighted by molar-refractivity contribution is -0.160. The molecule has 0 bridgehead atoms. The van der Waals surface area contributed by atoms with Crippen molar-refractivity contribution < 1.29 is 27.8 Å². The van der Waals surface area contributed by atoms with E-state index in [0.29, 0.717) is 6.42 Å². The summed E-state index contributed by atoms with van der Waals surface area (Å²) in [5, 5.41) is 11.3. The maximum Gasteiger partial charge on any atom is 0.422 e. The van der Waals surface area contributed by atoms with Crippen molar-refractivity contribution in [3.63, 3.8) is 0 Å². The summed E-state index contributed by atoms with van der Waals surface area (Å²) < 4.78 is 39.2. The normalized spacial score (nSPS) is 25.5. The van der Waals surface area contributed by atoms with Gasteiger partial charge >= 0.3 is 12.3 Å². The highest BCUT2D eigenvalue weighted by Gasteiger charge is 2.32. The average molecular weight is 241 g/mol. The van der Waals surface area contributed by atoms with Crippen molar-refractivity contribution in [2.45, 2.75) is 31.5 Å². The minimum Gasteiger partial charge on any atom is -0.440 e. The molecule has 1 fully saturated rings. The molecule has 0 saturated heterocycles. The zero-order valence-electron chi connectivity index (χ0n) is 8.59. The van der Waals surface area contributed by atoms with E-state index in [1.807, 2.05) is 0 Å². The van der Waals surface area contributed by atoms with E-state index in [-0.39, 0.29) is 18.6 Å². The predicted octanol–water partition coefficient (Wildman–Crippen LogP) is 1.44. The van der Waals surface area contributed by atoms with Crippen LogP contribution in [-0.4, -0.2) is 36.6 Å². The standard InChI is InChI=1S/C9H14F3NO3/c10-9(11,12)5-16-8(15)13-7-3-1-2-6(7)4-14/h6-7,14H,1-5H2,(H,13,15). The zero-order valence-corrected chi connectivity index (χ0v) is 8.59. The first-order chi connectivity index (χ1) is 7.42. The van der Waals surface area contributed by atoms with Crippen LogP contribution in [0.5, 0.6) is 0 Å². The summed E-state index contributed by atoms with van der Waals surface area (Å²) in [5.41, 5.74) is 0. The quantitative estimate of drug-likeness (QED) is 0.786. The van der Waals surface area contributed by atoms with Gasteiger partial charge in [0.2, 0.25) is 0 Å². The Morgan fingerprint density at radius 1 is 1.44 bits per heavy atom. The molecule has 0 aromatic heterocycles. The molecular formula is C9H14F3NO3. The number of ether oxygens (including phenoxy) is 1. The Balaban J connectivity index is 2.28. The van der Waals surface area contributed by atoms with Crippen molar-refractivity contribution in [2.24, 2.45) is 5.92 Å². The Morgan fingerprint density at radius 3 is 2.69 bits per heavy atom. The van der Waals surface area contributed by atoms with Crippen LogP contribution in [0.1, 0.15) is 19.3 Å². The molecule has 0 aromatic carbocycles. The molecule has 16 heavy (non-hydrogen) atoms. The van der Waals surface area contributed by atoms with Crippen LogP contribution < -0.4 is 5.32 Å². The van der Waals surface area contributed by atoms with Gasteiger partial charge in [0.05, 0.1) is 0 Å². The largest absolute Gasteiger partial charge is 0.440 e. The van der Waals surface area contributed by atoms with Crippen molar-refractivity contribution in [2.75, 3.05) is 13.2 Å². The van der Waals surface area contributed by atoms with Gasteiger partial charge in [-0.1, -0.05) is 6.42 Å². The van der Waals surface area contributed by atoms with Gasteiger partial charge < -0.3 is 15.2 Å². The van der Waals surface area contributed by atoms with Crippen molar-refractivity contribution in [1.29, 1.82) is 0 Å². The molecule has 0 aliphatic heterocycles. The van der Waals surface area contributed by atoms with Crippen molar-refractivity contribution in [1.82, 2.24) is 5.32 Å². The number of halogens is 3. The van der Waals surface area contributed by atoms with Gasteiger partial charge in [0.1, 0.15) is 0 Å². The molecule has 1 rings (SSSR count). The number of nitrogens with one attached hydrogen (secondary N) is 1. The number of hydrogen-bond donors (Lipinski definition) is 2. The first-order valence-electron chi connectivity index (χ1n) is 5.03. The summed E-state index contributed by atoms with van der Waals surface area (Å²) in [5.74, 6) is -0.0848. The maximum absolute atomic E-state index is 11.7. The van der Waals surface area contributed by atoms with E-state index >= 15 is 0 Å². The van der Waals surface area contributed by atoms with Gasteiger partial charge in [-0.2, -0.15) is 13.2 Å². The topological polar surface area (TPSA) is 58.6 Å². The SMILES string of the molecule is O=C(NC1CCCC1CO)OCC(F)(F)F. The fraction of sp³-hybridized carbons (Fsp3) is 0.889. The third-order valence-electron chi connectivity index (χ3n) is 2.56. The molecule has 94 valence electrons. The van der Waals surface area contributed by atoms with E-state index in [9.17, 15) is 18.0 Å². The third-order valence-corrected chi connectivity index (χ3v) is 2.56. The Labute approximate surface area is 90.8 Å². The number of hydrogen-bond acceptors (Lipinski definition) is 3. The summed E-state index contributed by atoms with van der Waals surface area (Å²) in [4.78, 5) is 11.0. The molecule has 0 heterocycles. The highest BCUT2D eigenvalue weighted by Crippen LogP contribution is 2.25. The Bertz CT molecular complexity index is 245. The van der Waals surface area contributed by atoms with Crippen LogP contribution in [0.4, 0.5) is 18.0 Å². The van der Waals surface area contributed by atoms with Gasteiger partial charge in [0, 0.05) is 18.6 Å². The summed E-state index contributed by atoms with van der Waals surface area (Å²) in [6.45, 7) is -1.67. The molecule has 2 N–H and O–H groups in total. The van der Waals surface area contributed by atoms with Gasteiger partial charge in [-0.3, -0.25) is 0 Å². The predicted molar refractivity (Wildman–Crippen MR) is 48.8 cm³/mol. The van der Waals surface area contributed by atoms with Crippen LogP contribution in [0.15, 0.2) is 0 Å². The van der Waals surface area contributed by atoms with E-state index in [4.69, 9.17) is 5.11 Å². The second-order valence-electron chi connectivity index (χ2n) is 3.82. The van der Waals surface area contributed by atoms with Crippen LogP contribution in [0.25, 0.3) is 0 Å². The molecule has 1 saturated carbocycles. The van der Waals surface area contributed by atoms with E-state index in [2.05, 4.69) is 10.1 Å². The Hall–Kier alpha value is -0.980. The summed E-state index contributed by atoms with van der Waals surface area (Å²) in [6, 6.07) is -0.286. The lowest BCUT2D eigenvalue weighted by Crippen LogP contribution is -2.40. The number of alkyl halides is 3. The van der Waals surface area contributed by atoms with E-state index in [0.717, 1.165) is 12.8 Å². The fourth-order valence-electron chi connectivity index (χ4n) is 1.79. The van der Waals surface area contributed by atoms with Crippen LogP contribution in [-0.2, 0) is 4.74 Å². The van der Waals surface area contributed by atoms with E-state index in [1.165, 1.54) is 0 Å². The molecule has 2 atom stereocenters. The number of carbonyl (C=O) groups excluding carboxylic acids is 1. The van der Waals surface area contributed by atoms with Gasteiger partial charge in [-0.25, -0.2) is 4.79 Å². The van der Waals surface area contributed by atoms with Crippen LogP contribution in [0.3, 0.4) is 0 Å². The van der Waals surface area contributed by atoms with Crippen molar-refractivity contribution in [3.8, 4) is 0 Å². The molecule has 0 radical (unpaired) electrons. The smallest absolute Gasteiger partial charge is 0.422 e. The van der Waals surface area contributed by atoms with E-state index in [1.54, 1.807) is 0 Å². The van der Waals surface area contributed by atoms with Gasteiger partial charge in [0.15, 0.2) is 6.61 Å². The summed E-state index contributed by atoms with van der Waals surface area (Å²) >= 11 is 0. The number of alkyl carbamates (subject to hydrolysis) is 1. The second kappa shape index (κ2) is 5.38. The molecule has 1 aliphatic carbocycles. The number of rotatable bonds is 3. The van der Waals surface area contributed by atoms with Crippen molar-refractivity contribution in [3.05, 3.63) is 0 Å². The highest BCUT2D eigenvalue weighted by atomic mass is 19.4. The highest BCUT2D eigenvalue weighted by molar-refractivity contribution is 5.67. The van der Waals surface area contributed by atoms with Gasteiger partial charge in [-0.05, 0) is 12.8 Å². The zero-order chi connectivity index (χ0) is 12.2.